The van der Waals surface area contributed by atoms with Gasteiger partial charge in [-0.3, -0.25) is 0 Å². The van der Waals surface area contributed by atoms with Gasteiger partial charge in [-0.1, -0.05) is 24.6 Å². The molecule has 0 spiro atoms. The van der Waals surface area contributed by atoms with Crippen molar-refractivity contribution in [3.63, 3.8) is 0 Å². The van der Waals surface area contributed by atoms with Gasteiger partial charge in [0.25, 0.3) is 0 Å². The van der Waals surface area contributed by atoms with E-state index < -0.39 is 0 Å². The van der Waals surface area contributed by atoms with Gasteiger partial charge in [0.2, 0.25) is 0 Å². The second kappa shape index (κ2) is 5.95. The highest BCUT2D eigenvalue weighted by Crippen LogP contribution is 2.35. The third-order valence-electron chi connectivity index (χ3n) is 2.88. The van der Waals surface area contributed by atoms with Crippen LogP contribution in [0.15, 0.2) is 29.2 Å². The maximum Gasteiger partial charge on any atom is 0.0417 e. The lowest BCUT2D eigenvalue weighted by atomic mass is 10.2. The molecular formula is C13H18ClNS. The van der Waals surface area contributed by atoms with Gasteiger partial charge >= 0.3 is 0 Å². The van der Waals surface area contributed by atoms with E-state index in [1.165, 1.54) is 17.7 Å². The van der Waals surface area contributed by atoms with Crippen molar-refractivity contribution in [3.05, 3.63) is 29.3 Å². The van der Waals surface area contributed by atoms with E-state index in [0.717, 1.165) is 23.2 Å². The van der Waals surface area contributed by atoms with Crippen molar-refractivity contribution >= 4 is 23.4 Å². The van der Waals surface area contributed by atoms with Gasteiger partial charge in [-0.15, -0.1) is 11.8 Å². The molecule has 1 nitrogen and oxygen atoms in total. The number of nitrogens with one attached hydrogen (secondary N) is 1. The summed E-state index contributed by atoms with van der Waals surface area (Å²) >= 11 is 7.87. The SMILES string of the molecule is CCNC(CSc1cccc(Cl)c1)C1CC1. The Morgan fingerprint density at radius 3 is 2.94 bits per heavy atom. The van der Waals surface area contributed by atoms with E-state index in [-0.39, 0.29) is 0 Å². The lowest BCUT2D eigenvalue weighted by Crippen LogP contribution is -2.33. The van der Waals surface area contributed by atoms with Crippen molar-refractivity contribution in [2.45, 2.75) is 30.7 Å². The number of hydrogen-bond acceptors (Lipinski definition) is 2. The lowest BCUT2D eigenvalue weighted by Gasteiger charge is -2.16. The van der Waals surface area contributed by atoms with Crippen LogP contribution in [0.1, 0.15) is 19.8 Å². The molecule has 0 aromatic heterocycles. The second-order valence-corrected chi connectivity index (χ2v) is 5.80. The van der Waals surface area contributed by atoms with E-state index >= 15 is 0 Å². The molecule has 1 aromatic carbocycles. The van der Waals surface area contributed by atoms with Gasteiger partial charge in [0, 0.05) is 21.7 Å². The first-order valence-corrected chi connectivity index (χ1v) is 7.27. The Morgan fingerprint density at radius 1 is 1.50 bits per heavy atom. The standard InChI is InChI=1S/C13H18ClNS/c1-2-15-13(10-6-7-10)9-16-12-5-3-4-11(14)8-12/h3-5,8,10,13,15H,2,6-7,9H2,1H3. The summed E-state index contributed by atoms with van der Waals surface area (Å²) < 4.78 is 0. The molecular weight excluding hydrogens is 238 g/mol. The number of hydrogen-bond donors (Lipinski definition) is 1. The minimum Gasteiger partial charge on any atom is -0.313 e. The predicted octanol–water partition coefficient (Wildman–Crippen LogP) is 3.82. The molecule has 1 aromatic rings. The summed E-state index contributed by atoms with van der Waals surface area (Å²) in [7, 11) is 0. The average Bonchev–Trinajstić information content (AvgIpc) is 3.08. The van der Waals surface area contributed by atoms with Crippen LogP contribution in [0.4, 0.5) is 0 Å². The summed E-state index contributed by atoms with van der Waals surface area (Å²) in [6.07, 6.45) is 2.79. The Hall–Kier alpha value is -0.180. The third kappa shape index (κ3) is 3.69. The topological polar surface area (TPSA) is 12.0 Å². The molecule has 0 heterocycles. The molecule has 88 valence electrons. The monoisotopic (exact) mass is 255 g/mol. The summed E-state index contributed by atoms with van der Waals surface area (Å²) in [6.45, 7) is 3.25. The molecule has 0 saturated heterocycles. The predicted molar refractivity (Wildman–Crippen MR) is 72.4 cm³/mol. The zero-order valence-electron chi connectivity index (χ0n) is 9.58. The van der Waals surface area contributed by atoms with Crippen LogP contribution in [0.25, 0.3) is 0 Å². The molecule has 1 saturated carbocycles. The minimum atomic E-state index is 0.675. The van der Waals surface area contributed by atoms with Gasteiger partial charge in [-0.05, 0) is 43.5 Å². The molecule has 2 rings (SSSR count). The molecule has 1 unspecified atom stereocenters. The highest BCUT2D eigenvalue weighted by Gasteiger charge is 2.30. The summed E-state index contributed by atoms with van der Waals surface area (Å²) in [6, 6.07) is 8.79. The van der Waals surface area contributed by atoms with Gasteiger partial charge in [0.15, 0.2) is 0 Å². The molecule has 1 fully saturated rings. The van der Waals surface area contributed by atoms with Gasteiger partial charge < -0.3 is 5.32 Å². The Morgan fingerprint density at radius 2 is 2.31 bits per heavy atom. The normalized spacial score (nSPS) is 17.4. The lowest BCUT2D eigenvalue weighted by molar-refractivity contribution is 0.519. The van der Waals surface area contributed by atoms with Crippen LogP contribution in [0.2, 0.25) is 5.02 Å². The maximum atomic E-state index is 5.97. The fraction of sp³-hybridized carbons (Fsp3) is 0.538. The highest BCUT2D eigenvalue weighted by molar-refractivity contribution is 7.99. The second-order valence-electron chi connectivity index (χ2n) is 4.27. The van der Waals surface area contributed by atoms with E-state index in [4.69, 9.17) is 11.6 Å². The van der Waals surface area contributed by atoms with E-state index in [1.807, 2.05) is 30.0 Å². The van der Waals surface area contributed by atoms with Crippen LogP contribution in [-0.4, -0.2) is 18.3 Å². The van der Waals surface area contributed by atoms with Crippen LogP contribution < -0.4 is 5.32 Å². The molecule has 1 aliphatic carbocycles. The van der Waals surface area contributed by atoms with Gasteiger partial charge in [-0.25, -0.2) is 0 Å². The van der Waals surface area contributed by atoms with Crippen LogP contribution in [0.3, 0.4) is 0 Å². The quantitative estimate of drug-likeness (QED) is 0.776. The van der Waals surface area contributed by atoms with Gasteiger partial charge in [0.05, 0.1) is 0 Å². The number of benzene rings is 1. The largest absolute Gasteiger partial charge is 0.313 e. The molecule has 0 radical (unpaired) electrons. The van der Waals surface area contributed by atoms with Crippen molar-refractivity contribution in [3.8, 4) is 0 Å². The average molecular weight is 256 g/mol. The van der Waals surface area contributed by atoms with Gasteiger partial charge in [-0.2, -0.15) is 0 Å². The van der Waals surface area contributed by atoms with Gasteiger partial charge in [0.1, 0.15) is 0 Å². The summed E-state index contributed by atoms with van der Waals surface area (Å²) in [4.78, 5) is 1.27. The fourth-order valence-corrected chi connectivity index (χ4v) is 3.27. The molecule has 3 heteroatoms. The molecule has 0 bridgehead atoms. The summed E-state index contributed by atoms with van der Waals surface area (Å²) in [5, 5.41) is 4.41. The van der Waals surface area contributed by atoms with Crippen molar-refractivity contribution in [2.75, 3.05) is 12.3 Å². The number of halogens is 1. The van der Waals surface area contributed by atoms with Crippen LogP contribution >= 0.6 is 23.4 Å². The number of rotatable bonds is 6. The zero-order chi connectivity index (χ0) is 11.4. The Kier molecular flexibility index (Phi) is 4.56. The van der Waals surface area contributed by atoms with E-state index in [9.17, 15) is 0 Å². The van der Waals surface area contributed by atoms with Crippen molar-refractivity contribution in [1.29, 1.82) is 0 Å². The molecule has 0 aliphatic heterocycles. The first-order valence-electron chi connectivity index (χ1n) is 5.91. The molecule has 16 heavy (non-hydrogen) atoms. The summed E-state index contributed by atoms with van der Waals surface area (Å²) in [5.41, 5.74) is 0. The van der Waals surface area contributed by atoms with E-state index in [0.29, 0.717) is 6.04 Å². The first kappa shape index (κ1) is 12.3. The summed E-state index contributed by atoms with van der Waals surface area (Å²) in [5.74, 6) is 2.06. The molecule has 1 aliphatic rings. The van der Waals surface area contributed by atoms with Crippen molar-refractivity contribution < 1.29 is 0 Å². The smallest absolute Gasteiger partial charge is 0.0417 e. The molecule has 0 amide bonds. The maximum absolute atomic E-state index is 5.97. The molecule has 1 atom stereocenters. The zero-order valence-corrected chi connectivity index (χ0v) is 11.2. The number of thioether (sulfide) groups is 1. The van der Waals surface area contributed by atoms with Crippen LogP contribution in [0.5, 0.6) is 0 Å². The first-order chi connectivity index (χ1) is 7.79. The highest BCUT2D eigenvalue weighted by atomic mass is 35.5. The Balaban J connectivity index is 1.85. The van der Waals surface area contributed by atoms with Crippen molar-refractivity contribution in [2.24, 2.45) is 5.92 Å². The Bertz CT molecular complexity index is 338. The van der Waals surface area contributed by atoms with E-state index in [1.54, 1.807) is 0 Å². The van der Waals surface area contributed by atoms with Crippen LogP contribution in [-0.2, 0) is 0 Å². The van der Waals surface area contributed by atoms with E-state index in [2.05, 4.69) is 18.3 Å². The van der Waals surface area contributed by atoms with Crippen molar-refractivity contribution in [1.82, 2.24) is 5.32 Å². The fourth-order valence-electron chi connectivity index (χ4n) is 1.87. The van der Waals surface area contributed by atoms with Crippen LogP contribution in [0, 0.1) is 5.92 Å². The third-order valence-corrected chi connectivity index (χ3v) is 4.23. The minimum absolute atomic E-state index is 0.675. The molecule has 1 N–H and O–H groups in total. The Labute approximate surface area is 107 Å².